The average Bonchev–Trinajstić information content (AvgIpc) is 2.66. The highest BCUT2D eigenvalue weighted by molar-refractivity contribution is 5.82. The molecule has 2 aromatic heterocycles. The molecule has 1 saturated carbocycles. The molecule has 0 saturated heterocycles. The zero-order chi connectivity index (χ0) is 12.4. The standard InChI is InChI=1S/C13H16N2.C2H6/c1-9-5-11(6-9)15-8-10(2)12-7-14-4-3-13(12)15;1-2/h3-4,7-9,11H,5-6H2,1-2H3;1-2H3. The number of fused-ring (bicyclic) bond motifs is 1. The van der Waals surface area contributed by atoms with Crippen molar-refractivity contribution in [2.24, 2.45) is 5.92 Å². The number of aromatic nitrogens is 2. The van der Waals surface area contributed by atoms with Gasteiger partial charge in [0.1, 0.15) is 0 Å². The molecule has 0 amide bonds. The maximum Gasteiger partial charge on any atom is 0.0516 e. The molecular formula is C15H22N2. The molecule has 2 heteroatoms. The van der Waals surface area contributed by atoms with Crippen molar-refractivity contribution in [2.75, 3.05) is 0 Å². The third kappa shape index (κ3) is 2.08. The van der Waals surface area contributed by atoms with Gasteiger partial charge in [-0.05, 0) is 37.3 Å². The van der Waals surface area contributed by atoms with E-state index >= 15 is 0 Å². The molecule has 0 bridgehead atoms. The van der Waals surface area contributed by atoms with Crippen molar-refractivity contribution >= 4 is 10.9 Å². The molecule has 0 unspecified atom stereocenters. The minimum atomic E-state index is 0.721. The van der Waals surface area contributed by atoms with Gasteiger partial charge in [-0.1, -0.05) is 20.8 Å². The van der Waals surface area contributed by atoms with Gasteiger partial charge in [0.25, 0.3) is 0 Å². The quantitative estimate of drug-likeness (QED) is 0.712. The number of aryl methyl sites for hydroxylation is 1. The third-order valence-corrected chi connectivity index (χ3v) is 3.58. The predicted molar refractivity (Wildman–Crippen MR) is 73.3 cm³/mol. The molecule has 1 fully saturated rings. The Labute approximate surface area is 104 Å². The van der Waals surface area contributed by atoms with Crippen LogP contribution < -0.4 is 0 Å². The molecule has 0 aliphatic heterocycles. The summed E-state index contributed by atoms with van der Waals surface area (Å²) >= 11 is 0. The van der Waals surface area contributed by atoms with E-state index < -0.39 is 0 Å². The average molecular weight is 230 g/mol. The first-order valence-corrected chi connectivity index (χ1v) is 6.67. The minimum absolute atomic E-state index is 0.721. The van der Waals surface area contributed by atoms with E-state index in [1.165, 1.54) is 29.3 Å². The lowest BCUT2D eigenvalue weighted by molar-refractivity contribution is 0.221. The van der Waals surface area contributed by atoms with Gasteiger partial charge in [0, 0.05) is 30.0 Å². The van der Waals surface area contributed by atoms with Crippen LogP contribution in [0.25, 0.3) is 10.9 Å². The Balaban J connectivity index is 0.000000514. The van der Waals surface area contributed by atoms with Crippen molar-refractivity contribution in [3.05, 3.63) is 30.2 Å². The van der Waals surface area contributed by atoms with Crippen molar-refractivity contribution in [2.45, 2.75) is 46.6 Å². The van der Waals surface area contributed by atoms with Gasteiger partial charge in [0.2, 0.25) is 0 Å². The lowest BCUT2D eigenvalue weighted by Gasteiger charge is -2.34. The first-order chi connectivity index (χ1) is 8.25. The normalized spacial score (nSPS) is 22.8. The Morgan fingerprint density at radius 1 is 1.29 bits per heavy atom. The second-order valence-corrected chi connectivity index (χ2v) is 4.84. The first-order valence-electron chi connectivity index (χ1n) is 6.67. The van der Waals surface area contributed by atoms with Crippen molar-refractivity contribution in [3.8, 4) is 0 Å². The molecule has 0 aromatic carbocycles. The van der Waals surface area contributed by atoms with Crippen molar-refractivity contribution in [1.82, 2.24) is 9.55 Å². The Morgan fingerprint density at radius 2 is 2.00 bits per heavy atom. The zero-order valence-corrected chi connectivity index (χ0v) is 11.3. The summed E-state index contributed by atoms with van der Waals surface area (Å²) in [5.41, 5.74) is 2.69. The van der Waals surface area contributed by atoms with Gasteiger partial charge >= 0.3 is 0 Å². The Bertz CT molecular complexity index is 493. The highest BCUT2D eigenvalue weighted by Crippen LogP contribution is 2.39. The lowest BCUT2D eigenvalue weighted by atomic mass is 9.81. The summed E-state index contributed by atoms with van der Waals surface area (Å²) in [6, 6.07) is 2.85. The van der Waals surface area contributed by atoms with Gasteiger partial charge in [0.05, 0.1) is 5.52 Å². The molecule has 2 heterocycles. The van der Waals surface area contributed by atoms with E-state index in [1.54, 1.807) is 0 Å². The summed E-state index contributed by atoms with van der Waals surface area (Å²) in [6.45, 7) is 8.50. The summed E-state index contributed by atoms with van der Waals surface area (Å²) in [5.74, 6) is 0.898. The molecule has 3 rings (SSSR count). The third-order valence-electron chi connectivity index (χ3n) is 3.58. The van der Waals surface area contributed by atoms with Crippen LogP contribution in [0, 0.1) is 12.8 Å². The van der Waals surface area contributed by atoms with Gasteiger partial charge in [-0.15, -0.1) is 0 Å². The van der Waals surface area contributed by atoms with Crippen LogP contribution in [0.4, 0.5) is 0 Å². The van der Waals surface area contributed by atoms with Crippen LogP contribution in [0.2, 0.25) is 0 Å². The number of pyridine rings is 1. The van der Waals surface area contributed by atoms with Gasteiger partial charge in [-0.3, -0.25) is 4.98 Å². The van der Waals surface area contributed by atoms with E-state index in [1.807, 2.05) is 26.2 Å². The molecule has 2 nitrogen and oxygen atoms in total. The highest BCUT2D eigenvalue weighted by atomic mass is 15.0. The van der Waals surface area contributed by atoms with E-state index in [0.29, 0.717) is 0 Å². The second-order valence-electron chi connectivity index (χ2n) is 4.84. The summed E-state index contributed by atoms with van der Waals surface area (Å²) < 4.78 is 2.44. The topological polar surface area (TPSA) is 17.8 Å². The van der Waals surface area contributed by atoms with Crippen molar-refractivity contribution in [1.29, 1.82) is 0 Å². The summed E-state index contributed by atoms with van der Waals surface area (Å²) in [5, 5.41) is 1.30. The van der Waals surface area contributed by atoms with Crippen molar-refractivity contribution in [3.63, 3.8) is 0 Å². The zero-order valence-electron chi connectivity index (χ0n) is 11.3. The molecule has 17 heavy (non-hydrogen) atoms. The van der Waals surface area contributed by atoms with Crippen LogP contribution in [0.1, 0.15) is 45.2 Å². The molecule has 0 N–H and O–H groups in total. The maximum absolute atomic E-state index is 4.19. The molecule has 0 radical (unpaired) electrons. The van der Waals surface area contributed by atoms with E-state index in [0.717, 1.165) is 12.0 Å². The fourth-order valence-corrected chi connectivity index (χ4v) is 2.65. The smallest absolute Gasteiger partial charge is 0.0516 e. The molecular weight excluding hydrogens is 208 g/mol. The van der Waals surface area contributed by atoms with Gasteiger partial charge in [-0.2, -0.15) is 0 Å². The summed E-state index contributed by atoms with van der Waals surface area (Å²) in [7, 11) is 0. The van der Waals surface area contributed by atoms with E-state index in [4.69, 9.17) is 0 Å². The predicted octanol–water partition coefficient (Wildman–Crippen LogP) is 4.34. The van der Waals surface area contributed by atoms with Gasteiger partial charge < -0.3 is 4.57 Å². The monoisotopic (exact) mass is 230 g/mol. The summed E-state index contributed by atoms with van der Waals surface area (Å²) in [6.07, 6.45) is 8.80. The number of nitrogens with zero attached hydrogens (tertiary/aromatic N) is 2. The minimum Gasteiger partial charge on any atom is -0.344 e. The van der Waals surface area contributed by atoms with E-state index in [2.05, 4.69) is 35.7 Å². The van der Waals surface area contributed by atoms with E-state index in [-0.39, 0.29) is 0 Å². The molecule has 0 atom stereocenters. The fourth-order valence-electron chi connectivity index (χ4n) is 2.65. The Hall–Kier alpha value is -1.31. The maximum atomic E-state index is 4.19. The van der Waals surface area contributed by atoms with E-state index in [9.17, 15) is 0 Å². The van der Waals surface area contributed by atoms with Crippen LogP contribution in [0.15, 0.2) is 24.7 Å². The molecule has 1 aliphatic rings. The second kappa shape index (κ2) is 4.91. The first kappa shape index (κ1) is 12.2. The number of hydrogen-bond acceptors (Lipinski definition) is 1. The lowest BCUT2D eigenvalue weighted by Crippen LogP contribution is -2.23. The highest BCUT2D eigenvalue weighted by Gasteiger charge is 2.27. The molecule has 0 spiro atoms. The van der Waals surface area contributed by atoms with Crippen LogP contribution in [-0.4, -0.2) is 9.55 Å². The van der Waals surface area contributed by atoms with Gasteiger partial charge in [0.15, 0.2) is 0 Å². The van der Waals surface area contributed by atoms with Crippen LogP contribution in [0.5, 0.6) is 0 Å². The Kier molecular flexibility index (Phi) is 3.51. The Morgan fingerprint density at radius 3 is 2.65 bits per heavy atom. The molecule has 1 aliphatic carbocycles. The van der Waals surface area contributed by atoms with Crippen molar-refractivity contribution < 1.29 is 0 Å². The van der Waals surface area contributed by atoms with Crippen LogP contribution >= 0.6 is 0 Å². The van der Waals surface area contributed by atoms with Gasteiger partial charge in [-0.25, -0.2) is 0 Å². The number of hydrogen-bond donors (Lipinski definition) is 0. The largest absolute Gasteiger partial charge is 0.344 e. The number of rotatable bonds is 1. The molecule has 2 aromatic rings. The SMILES string of the molecule is CC.Cc1cn(C2CC(C)C2)c2ccncc12. The van der Waals surface area contributed by atoms with Crippen LogP contribution in [0.3, 0.4) is 0 Å². The van der Waals surface area contributed by atoms with Crippen LogP contribution in [-0.2, 0) is 0 Å². The summed E-state index contributed by atoms with van der Waals surface area (Å²) in [4.78, 5) is 4.19. The fraction of sp³-hybridized carbons (Fsp3) is 0.533. The molecule has 92 valence electrons.